The molecule has 0 saturated carbocycles. The van der Waals surface area contributed by atoms with Crippen molar-refractivity contribution >= 4 is 17.2 Å². The molecule has 3 nitrogen and oxygen atoms in total. The first kappa shape index (κ1) is 17.1. The molecule has 2 aliphatic heterocycles. The van der Waals surface area contributed by atoms with Gasteiger partial charge in [-0.3, -0.25) is 4.79 Å². The summed E-state index contributed by atoms with van der Waals surface area (Å²) in [7, 11) is 0. The van der Waals surface area contributed by atoms with Gasteiger partial charge in [-0.2, -0.15) is 0 Å². The van der Waals surface area contributed by atoms with Crippen molar-refractivity contribution in [1.82, 2.24) is 0 Å². The number of Topliss-reactive ketones (excluding diaryl/α,β-unsaturated/α-hetero) is 1. The summed E-state index contributed by atoms with van der Waals surface area (Å²) in [4.78, 5) is 17.3. The zero-order valence-corrected chi connectivity index (χ0v) is 15.5. The van der Waals surface area contributed by atoms with Crippen molar-refractivity contribution in [2.24, 2.45) is 0 Å². The second-order valence-corrected chi connectivity index (χ2v) is 7.61. The quantitative estimate of drug-likeness (QED) is 0.780. The third-order valence-electron chi connectivity index (χ3n) is 5.62. The molecule has 3 heteroatoms. The first-order valence-corrected chi connectivity index (χ1v) is 9.97. The Morgan fingerprint density at radius 2 is 0.962 bits per heavy atom. The van der Waals surface area contributed by atoms with Gasteiger partial charge in [0.05, 0.1) is 0 Å². The second-order valence-electron chi connectivity index (χ2n) is 7.61. The predicted octanol–water partition coefficient (Wildman–Crippen LogP) is 4.24. The Bertz CT molecular complexity index is 660. The summed E-state index contributed by atoms with van der Waals surface area (Å²) in [5.41, 5.74) is 4.81. The van der Waals surface area contributed by atoms with E-state index in [1.165, 1.54) is 37.1 Å². The number of carbonyl (C=O) groups excluding carboxylic acids is 1. The van der Waals surface area contributed by atoms with Crippen LogP contribution in [0.3, 0.4) is 0 Å². The molecule has 2 heterocycles. The largest absolute Gasteiger partial charge is 0.372 e. The van der Waals surface area contributed by atoms with E-state index >= 15 is 0 Å². The molecule has 0 spiro atoms. The third-order valence-corrected chi connectivity index (χ3v) is 5.62. The number of benzene rings is 2. The summed E-state index contributed by atoms with van der Waals surface area (Å²) in [6, 6.07) is 17.1. The summed E-state index contributed by atoms with van der Waals surface area (Å²) >= 11 is 0. The fourth-order valence-electron chi connectivity index (χ4n) is 4.12. The highest BCUT2D eigenvalue weighted by atomic mass is 16.1. The van der Waals surface area contributed by atoms with Crippen LogP contribution in [-0.4, -0.2) is 32.0 Å². The summed E-state index contributed by atoms with van der Waals surface area (Å²) in [6.07, 6.45) is 6.20. The van der Waals surface area contributed by atoms with E-state index in [0.717, 1.165) is 37.3 Å². The van der Waals surface area contributed by atoms with Crippen LogP contribution in [0.25, 0.3) is 0 Å². The molecular formula is C23H28N2O. The molecule has 0 bridgehead atoms. The lowest BCUT2D eigenvalue weighted by Crippen LogP contribution is -2.17. The standard InChI is InChI=1S/C23H28N2O/c26-23(17-19-5-9-21(10-6-19)24-13-1-2-14-24)18-20-7-11-22(12-8-20)25-15-3-4-16-25/h5-12H,1-4,13-18H2. The molecule has 0 radical (unpaired) electrons. The molecule has 26 heavy (non-hydrogen) atoms. The highest BCUT2D eigenvalue weighted by molar-refractivity contribution is 5.83. The monoisotopic (exact) mass is 348 g/mol. The first-order valence-electron chi connectivity index (χ1n) is 9.97. The van der Waals surface area contributed by atoms with Gasteiger partial charge < -0.3 is 9.80 Å². The maximum absolute atomic E-state index is 12.4. The molecule has 0 atom stereocenters. The molecule has 0 unspecified atom stereocenters. The Balaban J connectivity index is 1.31. The van der Waals surface area contributed by atoms with Gasteiger partial charge in [-0.25, -0.2) is 0 Å². The number of carbonyl (C=O) groups is 1. The van der Waals surface area contributed by atoms with Crippen LogP contribution >= 0.6 is 0 Å². The molecule has 136 valence electrons. The molecule has 0 aliphatic carbocycles. The van der Waals surface area contributed by atoms with Crippen LogP contribution in [0.5, 0.6) is 0 Å². The van der Waals surface area contributed by atoms with Crippen LogP contribution in [-0.2, 0) is 17.6 Å². The van der Waals surface area contributed by atoms with Crippen LogP contribution < -0.4 is 9.80 Å². The van der Waals surface area contributed by atoms with E-state index in [1.807, 2.05) is 0 Å². The molecule has 2 aromatic carbocycles. The van der Waals surface area contributed by atoms with Gasteiger partial charge in [0, 0.05) is 50.4 Å². The molecule has 2 fully saturated rings. The van der Waals surface area contributed by atoms with Gasteiger partial charge in [0.1, 0.15) is 5.78 Å². The molecule has 2 aromatic rings. The van der Waals surface area contributed by atoms with E-state index in [0.29, 0.717) is 12.8 Å². The number of hydrogen-bond acceptors (Lipinski definition) is 3. The number of rotatable bonds is 6. The van der Waals surface area contributed by atoms with E-state index in [4.69, 9.17) is 0 Å². The highest BCUT2D eigenvalue weighted by Gasteiger charge is 2.14. The molecule has 0 N–H and O–H groups in total. The first-order chi connectivity index (χ1) is 12.8. The van der Waals surface area contributed by atoms with E-state index in [9.17, 15) is 4.79 Å². The number of anilines is 2. The summed E-state index contributed by atoms with van der Waals surface area (Å²) < 4.78 is 0. The van der Waals surface area contributed by atoms with E-state index < -0.39 is 0 Å². The Labute approximate surface area is 156 Å². The lowest BCUT2D eigenvalue weighted by Gasteiger charge is -2.18. The Morgan fingerprint density at radius 1 is 0.615 bits per heavy atom. The third kappa shape index (κ3) is 4.09. The van der Waals surface area contributed by atoms with E-state index in [-0.39, 0.29) is 5.78 Å². The highest BCUT2D eigenvalue weighted by Crippen LogP contribution is 2.22. The van der Waals surface area contributed by atoms with Crippen molar-refractivity contribution in [2.45, 2.75) is 38.5 Å². The smallest absolute Gasteiger partial charge is 0.141 e. The molecule has 0 amide bonds. The minimum absolute atomic E-state index is 0.285. The number of hydrogen-bond donors (Lipinski definition) is 0. The van der Waals surface area contributed by atoms with Crippen LogP contribution in [0, 0.1) is 0 Å². The average Bonchev–Trinajstić information content (AvgIpc) is 3.37. The molecule has 2 saturated heterocycles. The zero-order valence-electron chi connectivity index (χ0n) is 15.5. The molecule has 4 rings (SSSR count). The SMILES string of the molecule is O=C(Cc1ccc(N2CCCC2)cc1)Cc1ccc(N2CCCC2)cc1. The Kier molecular flexibility index (Phi) is 5.24. The molecular weight excluding hydrogens is 320 g/mol. The van der Waals surface area contributed by atoms with Crippen LogP contribution in [0.4, 0.5) is 11.4 Å². The lowest BCUT2D eigenvalue weighted by molar-refractivity contribution is -0.117. The average molecular weight is 348 g/mol. The fraction of sp³-hybridized carbons (Fsp3) is 0.435. The number of nitrogens with zero attached hydrogens (tertiary/aromatic N) is 2. The van der Waals surface area contributed by atoms with E-state index in [2.05, 4.69) is 58.3 Å². The van der Waals surface area contributed by atoms with Crippen LogP contribution in [0.2, 0.25) is 0 Å². The van der Waals surface area contributed by atoms with Gasteiger partial charge in [-0.1, -0.05) is 24.3 Å². The van der Waals surface area contributed by atoms with Crippen molar-refractivity contribution in [1.29, 1.82) is 0 Å². The van der Waals surface area contributed by atoms with Crippen molar-refractivity contribution in [3.63, 3.8) is 0 Å². The Hall–Kier alpha value is -2.29. The summed E-state index contributed by atoms with van der Waals surface area (Å²) in [5.74, 6) is 0.285. The van der Waals surface area contributed by atoms with Crippen LogP contribution in [0.1, 0.15) is 36.8 Å². The van der Waals surface area contributed by atoms with E-state index in [1.54, 1.807) is 0 Å². The second kappa shape index (κ2) is 7.94. The van der Waals surface area contributed by atoms with Crippen molar-refractivity contribution in [3.8, 4) is 0 Å². The van der Waals surface area contributed by atoms with Crippen LogP contribution in [0.15, 0.2) is 48.5 Å². The van der Waals surface area contributed by atoms with Gasteiger partial charge >= 0.3 is 0 Å². The zero-order chi connectivity index (χ0) is 17.8. The van der Waals surface area contributed by atoms with Gasteiger partial charge in [0.2, 0.25) is 0 Å². The topological polar surface area (TPSA) is 23.6 Å². The minimum atomic E-state index is 0.285. The van der Waals surface area contributed by atoms with Crippen molar-refractivity contribution in [2.75, 3.05) is 36.0 Å². The van der Waals surface area contributed by atoms with Gasteiger partial charge in [-0.05, 0) is 61.1 Å². The normalized spacial score (nSPS) is 17.1. The maximum atomic E-state index is 12.4. The van der Waals surface area contributed by atoms with Crippen molar-refractivity contribution < 1.29 is 4.79 Å². The summed E-state index contributed by atoms with van der Waals surface area (Å²) in [5, 5.41) is 0. The Morgan fingerprint density at radius 3 is 1.31 bits per heavy atom. The van der Waals surface area contributed by atoms with Gasteiger partial charge in [0.15, 0.2) is 0 Å². The minimum Gasteiger partial charge on any atom is -0.372 e. The predicted molar refractivity (Wildman–Crippen MR) is 108 cm³/mol. The van der Waals surface area contributed by atoms with Gasteiger partial charge in [0.25, 0.3) is 0 Å². The lowest BCUT2D eigenvalue weighted by atomic mass is 10.0. The van der Waals surface area contributed by atoms with Gasteiger partial charge in [-0.15, -0.1) is 0 Å². The molecule has 2 aliphatic rings. The maximum Gasteiger partial charge on any atom is 0.141 e. The molecule has 0 aromatic heterocycles. The fourth-order valence-corrected chi connectivity index (χ4v) is 4.12. The van der Waals surface area contributed by atoms with Crippen molar-refractivity contribution in [3.05, 3.63) is 59.7 Å². The number of ketones is 1. The summed E-state index contributed by atoms with van der Waals surface area (Å²) in [6.45, 7) is 4.63.